The van der Waals surface area contributed by atoms with E-state index < -0.39 is 41.7 Å². The van der Waals surface area contributed by atoms with Crippen LogP contribution in [0.5, 0.6) is 0 Å². The predicted molar refractivity (Wildman–Crippen MR) is 44.2 cm³/mol. The Balaban J connectivity index is 3.22. The summed E-state index contributed by atoms with van der Waals surface area (Å²) in [6.07, 6.45) is -4.73. The summed E-state index contributed by atoms with van der Waals surface area (Å²) in [7, 11) is 0. The molecule has 0 amide bonds. The first kappa shape index (κ1) is 12.8. The van der Waals surface area contributed by atoms with Gasteiger partial charge in [0.15, 0.2) is 17.5 Å². The smallest absolute Gasteiger partial charge is 0.330 e. The van der Waals surface area contributed by atoms with Crippen LogP contribution in [0.25, 0.3) is 0 Å². The van der Waals surface area contributed by atoms with Gasteiger partial charge < -0.3 is 5.73 Å². The second-order valence-electron chi connectivity index (χ2n) is 3.13. The third-order valence-corrected chi connectivity index (χ3v) is 2.04. The molecule has 1 atom stereocenters. The number of halogens is 6. The quantitative estimate of drug-likeness (QED) is 0.627. The van der Waals surface area contributed by atoms with Gasteiger partial charge in [-0.05, 0) is 17.7 Å². The Kier molecular flexibility index (Phi) is 3.47. The largest absolute Gasteiger partial charge is 0.396 e. The van der Waals surface area contributed by atoms with Crippen molar-refractivity contribution in [3.8, 4) is 0 Å². The van der Waals surface area contributed by atoms with Gasteiger partial charge in [0.05, 0.1) is 5.92 Å². The lowest BCUT2D eigenvalue weighted by Gasteiger charge is -2.18. The van der Waals surface area contributed by atoms with Gasteiger partial charge in [-0.1, -0.05) is 0 Å². The molecule has 1 aromatic rings. The average Bonchev–Trinajstić information content (AvgIpc) is 2.12. The van der Waals surface area contributed by atoms with E-state index in [0.717, 1.165) is 0 Å². The summed E-state index contributed by atoms with van der Waals surface area (Å²) in [5, 5.41) is 0. The summed E-state index contributed by atoms with van der Waals surface area (Å²) < 4.78 is 75.0. The topological polar surface area (TPSA) is 26.0 Å². The zero-order chi connectivity index (χ0) is 12.5. The summed E-state index contributed by atoms with van der Waals surface area (Å²) in [5.41, 5.74) is 4.14. The molecule has 7 heteroatoms. The summed E-state index contributed by atoms with van der Waals surface area (Å²) in [4.78, 5) is 0. The summed E-state index contributed by atoms with van der Waals surface area (Å²) in [6, 6.07) is 0.590. The molecule has 1 aromatic carbocycles. The van der Waals surface area contributed by atoms with Gasteiger partial charge in [-0.15, -0.1) is 0 Å². The first-order valence-electron chi connectivity index (χ1n) is 4.18. The van der Waals surface area contributed by atoms with Crippen molar-refractivity contribution in [1.82, 2.24) is 0 Å². The molecule has 2 N–H and O–H groups in total. The number of benzene rings is 1. The molecular formula is C9H7F6N. The molecule has 0 spiro atoms. The second kappa shape index (κ2) is 4.32. The van der Waals surface area contributed by atoms with E-state index in [0.29, 0.717) is 12.1 Å². The molecule has 0 saturated heterocycles. The average molecular weight is 243 g/mol. The molecule has 0 fully saturated rings. The monoisotopic (exact) mass is 243 g/mol. The fourth-order valence-electron chi connectivity index (χ4n) is 1.24. The summed E-state index contributed by atoms with van der Waals surface area (Å²) in [5.74, 6) is -7.35. The molecule has 1 rings (SSSR count). The molecule has 0 bridgehead atoms. The van der Waals surface area contributed by atoms with E-state index in [-0.39, 0.29) is 0 Å². The van der Waals surface area contributed by atoms with Crippen molar-refractivity contribution >= 4 is 0 Å². The number of rotatable bonds is 2. The number of alkyl halides is 3. The van der Waals surface area contributed by atoms with Crippen LogP contribution in [0.15, 0.2) is 12.1 Å². The Hall–Kier alpha value is -1.24. The molecule has 0 aromatic heterocycles. The van der Waals surface area contributed by atoms with Crippen molar-refractivity contribution in [2.75, 3.05) is 6.54 Å². The van der Waals surface area contributed by atoms with E-state index in [2.05, 4.69) is 0 Å². The van der Waals surface area contributed by atoms with Crippen LogP contribution >= 0.6 is 0 Å². The van der Waals surface area contributed by atoms with Gasteiger partial charge in [-0.25, -0.2) is 13.2 Å². The van der Waals surface area contributed by atoms with E-state index in [4.69, 9.17) is 5.73 Å². The maximum atomic E-state index is 12.7. The van der Waals surface area contributed by atoms with E-state index in [1.165, 1.54) is 0 Å². The Morgan fingerprint density at radius 2 is 1.50 bits per heavy atom. The fraction of sp³-hybridized carbons (Fsp3) is 0.333. The normalized spacial score (nSPS) is 13.9. The maximum Gasteiger partial charge on any atom is 0.396 e. The van der Waals surface area contributed by atoms with Crippen LogP contribution in [0, 0.1) is 17.5 Å². The predicted octanol–water partition coefficient (Wildman–Crippen LogP) is 2.71. The Labute approximate surface area is 86.9 Å². The molecule has 16 heavy (non-hydrogen) atoms. The van der Waals surface area contributed by atoms with E-state index in [9.17, 15) is 26.3 Å². The molecule has 0 aliphatic rings. The number of hydrogen-bond donors (Lipinski definition) is 1. The molecule has 1 unspecified atom stereocenters. The van der Waals surface area contributed by atoms with Gasteiger partial charge in [-0.2, -0.15) is 13.2 Å². The van der Waals surface area contributed by atoms with Crippen molar-refractivity contribution in [3.63, 3.8) is 0 Å². The lowest BCUT2D eigenvalue weighted by atomic mass is 9.98. The first-order valence-corrected chi connectivity index (χ1v) is 4.18. The molecular weight excluding hydrogens is 236 g/mol. The van der Waals surface area contributed by atoms with Crippen LogP contribution in [0.4, 0.5) is 26.3 Å². The lowest BCUT2D eigenvalue weighted by Crippen LogP contribution is -2.28. The SMILES string of the molecule is NCC(c1cc(F)c(F)c(F)c1)C(F)(F)F. The molecule has 0 aliphatic heterocycles. The third-order valence-electron chi connectivity index (χ3n) is 2.04. The minimum atomic E-state index is -4.73. The highest BCUT2D eigenvalue weighted by Crippen LogP contribution is 2.34. The van der Waals surface area contributed by atoms with Crippen molar-refractivity contribution in [3.05, 3.63) is 35.1 Å². The molecule has 0 aliphatic carbocycles. The first-order chi connectivity index (χ1) is 7.27. The van der Waals surface area contributed by atoms with Crippen molar-refractivity contribution in [2.24, 2.45) is 5.73 Å². The standard InChI is InChI=1S/C9H7F6N/c10-6-1-4(2-7(11)8(6)12)5(3-16)9(13,14)15/h1-2,5H,3,16H2. The lowest BCUT2D eigenvalue weighted by molar-refractivity contribution is -0.148. The molecule has 0 heterocycles. The number of hydrogen-bond acceptors (Lipinski definition) is 1. The van der Waals surface area contributed by atoms with E-state index in [1.54, 1.807) is 0 Å². The molecule has 1 nitrogen and oxygen atoms in total. The van der Waals surface area contributed by atoms with Crippen molar-refractivity contribution in [1.29, 1.82) is 0 Å². The highest BCUT2D eigenvalue weighted by Gasteiger charge is 2.40. The van der Waals surface area contributed by atoms with Crippen LogP contribution in [-0.4, -0.2) is 12.7 Å². The fourth-order valence-corrected chi connectivity index (χ4v) is 1.24. The minimum absolute atomic E-state index is 0.295. The molecule has 90 valence electrons. The third kappa shape index (κ3) is 2.46. The van der Waals surface area contributed by atoms with Crippen molar-refractivity contribution < 1.29 is 26.3 Å². The minimum Gasteiger partial charge on any atom is -0.330 e. The van der Waals surface area contributed by atoms with Crippen LogP contribution in [0.1, 0.15) is 11.5 Å². The highest BCUT2D eigenvalue weighted by molar-refractivity contribution is 5.24. The van der Waals surface area contributed by atoms with E-state index in [1.807, 2.05) is 0 Å². The van der Waals surface area contributed by atoms with Crippen LogP contribution in [-0.2, 0) is 0 Å². The Morgan fingerprint density at radius 1 is 1.06 bits per heavy atom. The highest BCUT2D eigenvalue weighted by atomic mass is 19.4. The Morgan fingerprint density at radius 3 is 1.81 bits per heavy atom. The van der Waals surface area contributed by atoms with Gasteiger partial charge in [0.1, 0.15) is 0 Å². The van der Waals surface area contributed by atoms with Crippen LogP contribution in [0.3, 0.4) is 0 Å². The Bertz CT molecular complexity index is 363. The number of nitrogens with two attached hydrogens (primary N) is 1. The summed E-state index contributed by atoms with van der Waals surface area (Å²) in [6.45, 7) is -0.867. The van der Waals surface area contributed by atoms with E-state index >= 15 is 0 Å². The summed E-state index contributed by atoms with van der Waals surface area (Å²) >= 11 is 0. The second-order valence-corrected chi connectivity index (χ2v) is 3.13. The van der Waals surface area contributed by atoms with Gasteiger partial charge in [0.2, 0.25) is 0 Å². The van der Waals surface area contributed by atoms with Gasteiger partial charge >= 0.3 is 6.18 Å². The zero-order valence-corrected chi connectivity index (χ0v) is 7.78. The molecule has 0 radical (unpaired) electrons. The zero-order valence-electron chi connectivity index (χ0n) is 7.78. The van der Waals surface area contributed by atoms with Crippen LogP contribution in [0.2, 0.25) is 0 Å². The van der Waals surface area contributed by atoms with Crippen LogP contribution < -0.4 is 5.73 Å². The maximum absolute atomic E-state index is 12.7. The molecule has 0 saturated carbocycles. The van der Waals surface area contributed by atoms with Gasteiger partial charge in [0.25, 0.3) is 0 Å². The van der Waals surface area contributed by atoms with Gasteiger partial charge in [-0.3, -0.25) is 0 Å². The van der Waals surface area contributed by atoms with Gasteiger partial charge in [0, 0.05) is 6.54 Å². The van der Waals surface area contributed by atoms with Crippen molar-refractivity contribution in [2.45, 2.75) is 12.1 Å².